The smallest absolute Gasteiger partial charge is 0.338 e. The molecule has 0 spiro atoms. The molecule has 27 heavy (non-hydrogen) atoms. The first-order valence-corrected chi connectivity index (χ1v) is 9.11. The molecule has 0 radical (unpaired) electrons. The summed E-state index contributed by atoms with van der Waals surface area (Å²) in [6.07, 6.45) is 4.81. The van der Waals surface area contributed by atoms with Crippen LogP contribution in [0.5, 0.6) is 11.5 Å². The molecule has 8 heteroatoms. The molecular weight excluding hydrogens is 352 g/mol. The summed E-state index contributed by atoms with van der Waals surface area (Å²) in [5.41, 5.74) is 0.221. The molecule has 0 aromatic heterocycles. The van der Waals surface area contributed by atoms with Crippen molar-refractivity contribution in [3.05, 3.63) is 23.8 Å². The van der Waals surface area contributed by atoms with Crippen molar-refractivity contribution in [2.24, 2.45) is 0 Å². The average molecular weight is 378 g/mol. The third kappa shape index (κ3) is 6.47. The zero-order valence-electron chi connectivity index (χ0n) is 15.7. The second-order valence-corrected chi connectivity index (χ2v) is 6.29. The Labute approximate surface area is 158 Å². The minimum atomic E-state index is -0.693. The fraction of sp³-hybridized carbons (Fsp3) is 0.526. The minimum absolute atomic E-state index is 0.0984. The van der Waals surface area contributed by atoms with Gasteiger partial charge in [0, 0.05) is 6.04 Å². The van der Waals surface area contributed by atoms with E-state index in [1.54, 1.807) is 6.07 Å². The molecule has 0 bridgehead atoms. The maximum Gasteiger partial charge on any atom is 0.338 e. The fourth-order valence-corrected chi connectivity index (χ4v) is 2.79. The third-order valence-corrected chi connectivity index (χ3v) is 4.14. The lowest BCUT2D eigenvalue weighted by Crippen LogP contribution is -2.44. The quantitative estimate of drug-likeness (QED) is 0.674. The first-order valence-electron chi connectivity index (χ1n) is 9.11. The van der Waals surface area contributed by atoms with Crippen LogP contribution in [0.3, 0.4) is 0 Å². The van der Waals surface area contributed by atoms with Gasteiger partial charge in [0.25, 0.3) is 5.91 Å². The van der Waals surface area contributed by atoms with E-state index in [9.17, 15) is 14.4 Å². The number of methoxy groups -OCH3 is 1. The number of nitrogens with one attached hydrogen (secondary N) is 2. The highest BCUT2D eigenvalue weighted by atomic mass is 16.5. The number of hydrogen-bond acceptors (Lipinski definition) is 6. The highest BCUT2D eigenvalue weighted by molar-refractivity contribution is 5.97. The van der Waals surface area contributed by atoms with Gasteiger partial charge in [-0.05, 0) is 37.5 Å². The maximum atomic E-state index is 12.1. The molecule has 0 unspecified atom stereocenters. The Morgan fingerprint density at radius 2 is 1.89 bits per heavy atom. The predicted octanol–water partition coefficient (Wildman–Crippen LogP) is 2.41. The van der Waals surface area contributed by atoms with Crippen molar-refractivity contribution in [3.8, 4) is 11.5 Å². The van der Waals surface area contributed by atoms with Crippen LogP contribution in [0, 0.1) is 0 Å². The summed E-state index contributed by atoms with van der Waals surface area (Å²) < 4.78 is 15.7. The van der Waals surface area contributed by atoms with Crippen LogP contribution in [0.25, 0.3) is 0 Å². The van der Waals surface area contributed by atoms with Crippen molar-refractivity contribution < 1.29 is 28.6 Å². The van der Waals surface area contributed by atoms with Gasteiger partial charge in [-0.1, -0.05) is 19.8 Å². The normalized spacial score (nSPS) is 13.7. The molecule has 1 aliphatic carbocycles. The van der Waals surface area contributed by atoms with Crippen molar-refractivity contribution >= 4 is 17.9 Å². The van der Waals surface area contributed by atoms with Crippen LogP contribution in [0.1, 0.15) is 49.4 Å². The van der Waals surface area contributed by atoms with E-state index in [1.165, 1.54) is 19.2 Å². The molecule has 1 fully saturated rings. The number of imide groups is 1. The van der Waals surface area contributed by atoms with Crippen molar-refractivity contribution in [2.45, 2.75) is 45.1 Å². The van der Waals surface area contributed by atoms with Gasteiger partial charge in [0.15, 0.2) is 18.1 Å². The summed E-state index contributed by atoms with van der Waals surface area (Å²) in [4.78, 5) is 35.6. The zero-order valence-corrected chi connectivity index (χ0v) is 15.7. The molecular formula is C19H26N2O6. The Morgan fingerprint density at radius 3 is 2.56 bits per heavy atom. The van der Waals surface area contributed by atoms with Gasteiger partial charge in [0.05, 0.1) is 19.3 Å². The van der Waals surface area contributed by atoms with E-state index < -0.39 is 24.5 Å². The molecule has 0 heterocycles. The largest absolute Gasteiger partial charge is 0.493 e. The van der Waals surface area contributed by atoms with Gasteiger partial charge in [0.1, 0.15) is 0 Å². The third-order valence-electron chi connectivity index (χ3n) is 4.14. The SMILES string of the molecule is CCCOc1ccc(C(=O)OCC(=O)NC(=O)NC2CCCC2)cc1OC. The summed E-state index contributed by atoms with van der Waals surface area (Å²) in [5.74, 6) is -0.453. The van der Waals surface area contributed by atoms with Crippen LogP contribution in [0.2, 0.25) is 0 Å². The van der Waals surface area contributed by atoms with E-state index in [0.29, 0.717) is 18.1 Å². The highest BCUT2D eigenvalue weighted by Crippen LogP contribution is 2.28. The Bertz CT molecular complexity index is 670. The number of urea groups is 1. The minimum Gasteiger partial charge on any atom is -0.493 e. The van der Waals surface area contributed by atoms with E-state index in [1.807, 2.05) is 6.92 Å². The first kappa shape index (κ1) is 20.5. The zero-order chi connectivity index (χ0) is 19.6. The molecule has 0 atom stereocenters. The fourth-order valence-electron chi connectivity index (χ4n) is 2.79. The molecule has 2 N–H and O–H groups in total. The number of ether oxygens (including phenoxy) is 3. The van der Waals surface area contributed by atoms with Crippen LogP contribution in [-0.4, -0.2) is 44.3 Å². The highest BCUT2D eigenvalue weighted by Gasteiger charge is 2.19. The monoisotopic (exact) mass is 378 g/mol. The lowest BCUT2D eigenvalue weighted by Gasteiger charge is -2.13. The Morgan fingerprint density at radius 1 is 1.15 bits per heavy atom. The molecule has 3 amide bonds. The number of hydrogen-bond donors (Lipinski definition) is 2. The first-order chi connectivity index (χ1) is 13.0. The van der Waals surface area contributed by atoms with E-state index in [4.69, 9.17) is 14.2 Å². The van der Waals surface area contributed by atoms with E-state index in [0.717, 1.165) is 32.1 Å². The van der Waals surface area contributed by atoms with Crippen molar-refractivity contribution in [1.82, 2.24) is 10.6 Å². The predicted molar refractivity (Wildman–Crippen MR) is 98.0 cm³/mol. The molecule has 1 aliphatic rings. The molecule has 2 rings (SSSR count). The Kier molecular flexibility index (Phi) is 7.91. The van der Waals surface area contributed by atoms with Gasteiger partial charge in [-0.3, -0.25) is 10.1 Å². The summed E-state index contributed by atoms with van der Waals surface area (Å²) in [6.45, 7) is 1.97. The van der Waals surface area contributed by atoms with Gasteiger partial charge in [-0.2, -0.15) is 0 Å². The molecule has 8 nitrogen and oxygen atoms in total. The van der Waals surface area contributed by atoms with Gasteiger partial charge >= 0.3 is 12.0 Å². The molecule has 1 aromatic carbocycles. The average Bonchev–Trinajstić information content (AvgIpc) is 3.17. The summed E-state index contributed by atoms with van der Waals surface area (Å²) in [6, 6.07) is 4.15. The number of carbonyl (C=O) groups is 3. The van der Waals surface area contributed by atoms with Gasteiger partial charge in [-0.15, -0.1) is 0 Å². The standard InChI is InChI=1S/C19H26N2O6/c1-3-10-26-15-9-8-13(11-16(15)25-2)18(23)27-12-17(22)21-19(24)20-14-6-4-5-7-14/h8-9,11,14H,3-7,10,12H2,1-2H3,(H2,20,21,22,24). The number of esters is 1. The van der Waals surface area contributed by atoms with Crippen molar-refractivity contribution in [3.63, 3.8) is 0 Å². The Balaban J connectivity index is 1.81. The van der Waals surface area contributed by atoms with Gasteiger partial charge in [0.2, 0.25) is 0 Å². The number of benzene rings is 1. The van der Waals surface area contributed by atoms with Crippen LogP contribution >= 0.6 is 0 Å². The maximum absolute atomic E-state index is 12.1. The van der Waals surface area contributed by atoms with Crippen LogP contribution in [-0.2, 0) is 9.53 Å². The summed E-state index contributed by atoms with van der Waals surface area (Å²) in [5, 5.41) is 4.88. The number of carbonyl (C=O) groups excluding carboxylic acids is 3. The van der Waals surface area contributed by atoms with Crippen LogP contribution in [0.15, 0.2) is 18.2 Å². The van der Waals surface area contributed by atoms with Crippen molar-refractivity contribution in [2.75, 3.05) is 20.3 Å². The van der Waals surface area contributed by atoms with E-state index in [-0.39, 0.29) is 11.6 Å². The summed E-state index contributed by atoms with van der Waals surface area (Å²) in [7, 11) is 1.47. The van der Waals surface area contributed by atoms with Crippen LogP contribution < -0.4 is 20.1 Å². The van der Waals surface area contributed by atoms with E-state index >= 15 is 0 Å². The summed E-state index contributed by atoms with van der Waals surface area (Å²) >= 11 is 0. The van der Waals surface area contributed by atoms with E-state index in [2.05, 4.69) is 10.6 Å². The number of amides is 3. The van der Waals surface area contributed by atoms with Crippen molar-refractivity contribution in [1.29, 1.82) is 0 Å². The second kappa shape index (κ2) is 10.4. The molecule has 148 valence electrons. The topological polar surface area (TPSA) is 103 Å². The lowest BCUT2D eigenvalue weighted by molar-refractivity contribution is -0.123. The van der Waals surface area contributed by atoms with Crippen LogP contribution in [0.4, 0.5) is 4.79 Å². The number of rotatable bonds is 8. The van der Waals surface area contributed by atoms with Gasteiger partial charge in [-0.25, -0.2) is 9.59 Å². The molecule has 0 aliphatic heterocycles. The second-order valence-electron chi connectivity index (χ2n) is 6.29. The molecule has 1 aromatic rings. The lowest BCUT2D eigenvalue weighted by atomic mass is 10.2. The van der Waals surface area contributed by atoms with Gasteiger partial charge < -0.3 is 19.5 Å². The Hall–Kier alpha value is -2.77. The molecule has 1 saturated carbocycles. The molecule has 0 saturated heterocycles.